The Hall–Kier alpha value is -3.43. The second-order valence-electron chi connectivity index (χ2n) is 6.05. The predicted octanol–water partition coefficient (Wildman–Crippen LogP) is 0.807. The first-order chi connectivity index (χ1) is 12.8. The van der Waals surface area contributed by atoms with Crippen LogP contribution in [0.3, 0.4) is 0 Å². The average molecular weight is 374 g/mol. The number of carbonyl (C=O) groups is 1. The van der Waals surface area contributed by atoms with Crippen LogP contribution < -0.4 is 20.5 Å². The highest BCUT2D eigenvalue weighted by Gasteiger charge is 2.16. The van der Waals surface area contributed by atoms with Crippen molar-refractivity contribution in [1.82, 2.24) is 20.0 Å². The lowest BCUT2D eigenvalue weighted by Crippen LogP contribution is -2.16. The second kappa shape index (κ2) is 7.06. The van der Waals surface area contributed by atoms with Crippen LogP contribution in [0.15, 0.2) is 21.7 Å². The van der Waals surface area contributed by atoms with Gasteiger partial charge >= 0.3 is 5.97 Å². The highest BCUT2D eigenvalue weighted by Crippen LogP contribution is 2.29. The van der Waals surface area contributed by atoms with Crippen molar-refractivity contribution >= 4 is 27.9 Å². The molecule has 1 aromatic carbocycles. The summed E-state index contributed by atoms with van der Waals surface area (Å²) in [5.41, 5.74) is -1.15. The normalized spacial score (nSPS) is 11.1. The van der Waals surface area contributed by atoms with Gasteiger partial charge < -0.3 is 19.2 Å². The number of nitrogens with one attached hydrogen (secondary N) is 1. The van der Waals surface area contributed by atoms with Crippen molar-refractivity contribution in [3.8, 4) is 11.5 Å². The molecular weight excluding hydrogens is 356 g/mol. The van der Waals surface area contributed by atoms with Crippen LogP contribution in [0.4, 0.5) is 0 Å². The van der Waals surface area contributed by atoms with Crippen molar-refractivity contribution in [2.45, 2.75) is 20.6 Å². The Balaban J connectivity index is 2.19. The largest absolute Gasteiger partial charge is 0.493 e. The van der Waals surface area contributed by atoms with Gasteiger partial charge in [-0.25, -0.2) is 0 Å². The molecule has 10 nitrogen and oxygen atoms in total. The Bertz CT molecular complexity index is 1150. The van der Waals surface area contributed by atoms with E-state index in [1.54, 1.807) is 13.8 Å². The van der Waals surface area contributed by atoms with E-state index in [0.717, 1.165) is 4.80 Å². The number of fused-ring (bicyclic) bond motifs is 2. The van der Waals surface area contributed by atoms with Crippen molar-refractivity contribution in [2.24, 2.45) is 5.92 Å². The average Bonchev–Trinajstić information content (AvgIpc) is 3.05. The van der Waals surface area contributed by atoms with Gasteiger partial charge in [0.25, 0.3) is 5.56 Å². The number of nitrogens with zero attached hydrogens (tertiary/aromatic N) is 3. The standard InChI is InChI=1S/C17H18N4O6/c1-8(2)17(24)27-7-21-19-13-14(20-21)16(23)18-10-6-12(26-4)11(25-3)5-9(10)15(13)22/h5-6,8H,7H2,1-4H3,(H,18,23). The van der Waals surface area contributed by atoms with Crippen molar-refractivity contribution in [2.75, 3.05) is 14.2 Å². The van der Waals surface area contributed by atoms with Gasteiger partial charge in [0.15, 0.2) is 22.5 Å². The molecule has 0 spiro atoms. The molecule has 0 radical (unpaired) electrons. The molecule has 0 aliphatic carbocycles. The van der Waals surface area contributed by atoms with E-state index < -0.39 is 17.0 Å². The topological polar surface area (TPSA) is 125 Å². The highest BCUT2D eigenvalue weighted by atomic mass is 16.5. The molecule has 0 bridgehead atoms. The van der Waals surface area contributed by atoms with Crippen LogP contribution in [0.2, 0.25) is 0 Å². The van der Waals surface area contributed by atoms with Gasteiger partial charge in [0.05, 0.1) is 31.0 Å². The van der Waals surface area contributed by atoms with Gasteiger partial charge in [0.1, 0.15) is 0 Å². The molecule has 1 N–H and O–H groups in total. The van der Waals surface area contributed by atoms with Gasteiger partial charge in [-0.15, -0.1) is 15.0 Å². The van der Waals surface area contributed by atoms with E-state index in [-0.39, 0.29) is 34.6 Å². The van der Waals surface area contributed by atoms with E-state index in [2.05, 4.69) is 15.2 Å². The molecule has 0 saturated carbocycles. The van der Waals surface area contributed by atoms with Crippen LogP contribution in [-0.4, -0.2) is 40.2 Å². The summed E-state index contributed by atoms with van der Waals surface area (Å²) in [6.07, 6.45) is 0. The number of benzene rings is 1. The van der Waals surface area contributed by atoms with Crippen molar-refractivity contribution in [1.29, 1.82) is 0 Å². The van der Waals surface area contributed by atoms with E-state index in [0.29, 0.717) is 11.5 Å². The second-order valence-corrected chi connectivity index (χ2v) is 6.05. The summed E-state index contributed by atoms with van der Waals surface area (Å²) >= 11 is 0. The van der Waals surface area contributed by atoms with E-state index in [1.807, 2.05) is 0 Å². The minimum absolute atomic E-state index is 0.140. The van der Waals surface area contributed by atoms with E-state index in [4.69, 9.17) is 14.2 Å². The number of hydrogen-bond donors (Lipinski definition) is 1. The molecule has 10 heteroatoms. The summed E-state index contributed by atoms with van der Waals surface area (Å²) in [5.74, 6) is -0.0684. The number of rotatable bonds is 5. The molecule has 3 aromatic rings. The molecule has 0 saturated heterocycles. The Morgan fingerprint density at radius 2 is 1.74 bits per heavy atom. The Morgan fingerprint density at radius 3 is 2.37 bits per heavy atom. The van der Waals surface area contributed by atoms with Gasteiger partial charge in [-0.05, 0) is 6.07 Å². The lowest BCUT2D eigenvalue weighted by atomic mass is 10.2. The van der Waals surface area contributed by atoms with E-state index in [1.165, 1.54) is 26.4 Å². The maximum absolute atomic E-state index is 12.9. The Labute approximate surface area is 152 Å². The summed E-state index contributed by atoms with van der Waals surface area (Å²) < 4.78 is 15.4. The molecule has 0 fully saturated rings. The molecular formula is C17H18N4O6. The Kier molecular flexibility index (Phi) is 4.80. The molecule has 2 heterocycles. The van der Waals surface area contributed by atoms with Gasteiger partial charge in [-0.3, -0.25) is 14.4 Å². The Morgan fingerprint density at radius 1 is 1.11 bits per heavy atom. The molecule has 2 aromatic heterocycles. The van der Waals surface area contributed by atoms with Crippen LogP contribution >= 0.6 is 0 Å². The summed E-state index contributed by atoms with van der Waals surface area (Å²) in [6.45, 7) is 3.07. The van der Waals surface area contributed by atoms with E-state index in [9.17, 15) is 14.4 Å². The molecule has 0 atom stereocenters. The number of H-pyrrole nitrogens is 1. The van der Waals surface area contributed by atoms with Crippen molar-refractivity contribution < 1.29 is 19.0 Å². The summed E-state index contributed by atoms with van der Waals surface area (Å²) in [5, 5.41) is 8.18. The lowest BCUT2D eigenvalue weighted by molar-refractivity contribution is -0.152. The number of hydrogen-bond acceptors (Lipinski definition) is 8. The van der Waals surface area contributed by atoms with Crippen LogP contribution in [0.5, 0.6) is 11.5 Å². The highest BCUT2D eigenvalue weighted by molar-refractivity contribution is 5.88. The van der Waals surface area contributed by atoms with Crippen LogP contribution in [0.25, 0.3) is 21.9 Å². The maximum atomic E-state index is 12.9. The minimum Gasteiger partial charge on any atom is -0.493 e. The van der Waals surface area contributed by atoms with Crippen LogP contribution in [0, 0.1) is 5.92 Å². The summed E-state index contributed by atoms with van der Waals surface area (Å²) in [6, 6.07) is 2.96. The maximum Gasteiger partial charge on any atom is 0.310 e. The molecule has 0 aliphatic rings. The SMILES string of the molecule is COc1cc2[nH]c(=O)c3nn(COC(=O)C(C)C)nc3c(=O)c2cc1OC. The molecule has 0 aliphatic heterocycles. The number of esters is 1. The first-order valence-corrected chi connectivity index (χ1v) is 8.09. The van der Waals surface area contributed by atoms with Crippen LogP contribution in [-0.2, 0) is 16.3 Å². The quantitative estimate of drug-likeness (QED) is 0.650. The smallest absolute Gasteiger partial charge is 0.310 e. The third-order valence-corrected chi connectivity index (χ3v) is 3.90. The first-order valence-electron chi connectivity index (χ1n) is 8.09. The van der Waals surface area contributed by atoms with Crippen LogP contribution in [0.1, 0.15) is 13.8 Å². The molecule has 0 unspecified atom stereocenters. The minimum atomic E-state index is -0.606. The number of ether oxygens (including phenoxy) is 3. The zero-order valence-electron chi connectivity index (χ0n) is 15.2. The lowest BCUT2D eigenvalue weighted by Gasteiger charge is -2.07. The van der Waals surface area contributed by atoms with Gasteiger partial charge in [-0.1, -0.05) is 13.8 Å². The fourth-order valence-electron chi connectivity index (χ4n) is 2.48. The van der Waals surface area contributed by atoms with E-state index >= 15 is 0 Å². The predicted molar refractivity (Wildman–Crippen MR) is 96.0 cm³/mol. The number of aromatic nitrogens is 4. The third-order valence-electron chi connectivity index (χ3n) is 3.90. The molecule has 0 amide bonds. The molecule has 27 heavy (non-hydrogen) atoms. The monoisotopic (exact) mass is 374 g/mol. The van der Waals surface area contributed by atoms with Gasteiger partial charge in [-0.2, -0.15) is 0 Å². The first kappa shape index (κ1) is 18.4. The molecule has 3 rings (SSSR count). The summed E-state index contributed by atoms with van der Waals surface area (Å²) in [4.78, 5) is 40.5. The zero-order chi connectivity index (χ0) is 19.7. The number of carbonyl (C=O) groups excluding carboxylic acids is 1. The van der Waals surface area contributed by atoms with Crippen molar-refractivity contribution in [3.63, 3.8) is 0 Å². The zero-order valence-corrected chi connectivity index (χ0v) is 15.2. The fraction of sp³-hybridized carbons (Fsp3) is 0.353. The fourth-order valence-corrected chi connectivity index (χ4v) is 2.48. The summed E-state index contributed by atoms with van der Waals surface area (Å²) in [7, 11) is 2.89. The van der Waals surface area contributed by atoms with Gasteiger partial charge in [0, 0.05) is 6.07 Å². The number of methoxy groups -OCH3 is 2. The van der Waals surface area contributed by atoms with Gasteiger partial charge in [0.2, 0.25) is 12.2 Å². The number of aromatic amines is 1. The third kappa shape index (κ3) is 3.33. The molecule has 142 valence electrons. The van der Waals surface area contributed by atoms with Crippen molar-refractivity contribution in [3.05, 3.63) is 32.7 Å².